The van der Waals surface area contributed by atoms with Gasteiger partial charge in [0, 0.05) is 17.5 Å². The topological polar surface area (TPSA) is 12.5 Å². The quantitative estimate of drug-likeness (QED) is 0.423. The van der Waals surface area contributed by atoms with Crippen molar-refractivity contribution in [2.24, 2.45) is 0 Å². The molecule has 0 radical (unpaired) electrons. The molecule has 0 atom stereocenters. The Bertz CT molecular complexity index is 1100. The summed E-state index contributed by atoms with van der Waals surface area (Å²) in [6.45, 7) is 0.972. The fourth-order valence-electron chi connectivity index (χ4n) is 4.28. The largest absolute Gasteiger partial charge is 0.495 e. The summed E-state index contributed by atoms with van der Waals surface area (Å²) in [4.78, 5) is 2.45. The number of ether oxygens (including phenoxy) is 1. The molecule has 3 heteroatoms. The highest BCUT2D eigenvalue weighted by Gasteiger charge is 2.29. The van der Waals surface area contributed by atoms with Gasteiger partial charge in [0.25, 0.3) is 0 Å². The average Bonchev–Trinajstić information content (AvgIpc) is 3.24. The lowest BCUT2D eigenvalue weighted by Gasteiger charge is -2.29. The third-order valence-corrected chi connectivity index (χ3v) is 8.10. The summed E-state index contributed by atoms with van der Waals surface area (Å²) in [5.41, 5.74) is 3.89. The SMILES string of the molecule is COc1cccc(P(c2ccccc2)c2ccccc2)c1N1CCc2ccccc21. The standard InChI is InChI=1S/C27H24NOP/c1-29-25-17-10-18-26(27(25)28-20-19-21-11-8-9-16-24(21)28)30(22-12-4-2-5-13-22)23-14-6-3-7-15-23/h2-18H,19-20H2,1H3. The van der Waals surface area contributed by atoms with E-state index in [0.29, 0.717) is 0 Å². The van der Waals surface area contributed by atoms with Gasteiger partial charge in [0.1, 0.15) is 5.75 Å². The minimum absolute atomic E-state index is 0.716. The van der Waals surface area contributed by atoms with E-state index in [-0.39, 0.29) is 0 Å². The van der Waals surface area contributed by atoms with Crippen LogP contribution in [0.4, 0.5) is 11.4 Å². The van der Waals surface area contributed by atoms with Crippen molar-refractivity contribution >= 4 is 35.2 Å². The van der Waals surface area contributed by atoms with E-state index < -0.39 is 7.92 Å². The average molecular weight is 409 g/mol. The molecule has 148 valence electrons. The first kappa shape index (κ1) is 18.9. The Balaban J connectivity index is 1.74. The van der Waals surface area contributed by atoms with Gasteiger partial charge in [0.15, 0.2) is 0 Å². The van der Waals surface area contributed by atoms with Gasteiger partial charge in [0.05, 0.1) is 12.8 Å². The van der Waals surface area contributed by atoms with Crippen molar-refractivity contribution in [1.29, 1.82) is 0 Å². The van der Waals surface area contributed by atoms with Gasteiger partial charge in [-0.2, -0.15) is 0 Å². The Hall–Kier alpha value is -3.09. The molecule has 1 aliphatic rings. The molecule has 4 aromatic rings. The molecule has 0 fully saturated rings. The third kappa shape index (κ3) is 3.38. The van der Waals surface area contributed by atoms with Crippen molar-refractivity contribution in [3.63, 3.8) is 0 Å². The van der Waals surface area contributed by atoms with E-state index in [0.717, 1.165) is 18.7 Å². The summed E-state index contributed by atoms with van der Waals surface area (Å²) in [6.07, 6.45) is 1.06. The summed E-state index contributed by atoms with van der Waals surface area (Å²) in [5, 5.41) is 4.03. The van der Waals surface area contributed by atoms with Gasteiger partial charge in [0.2, 0.25) is 0 Å². The van der Waals surface area contributed by atoms with E-state index >= 15 is 0 Å². The van der Waals surface area contributed by atoms with Crippen molar-refractivity contribution in [1.82, 2.24) is 0 Å². The van der Waals surface area contributed by atoms with Gasteiger partial charge >= 0.3 is 0 Å². The second-order valence-electron chi connectivity index (χ2n) is 7.36. The Kier molecular flexibility index (Phi) is 5.26. The first-order chi connectivity index (χ1) is 14.9. The van der Waals surface area contributed by atoms with Crippen LogP contribution < -0.4 is 25.6 Å². The number of fused-ring (bicyclic) bond motifs is 1. The van der Waals surface area contributed by atoms with E-state index in [1.54, 1.807) is 7.11 Å². The number of rotatable bonds is 5. The second kappa shape index (κ2) is 8.34. The minimum atomic E-state index is -0.716. The van der Waals surface area contributed by atoms with Crippen LogP contribution >= 0.6 is 7.92 Å². The van der Waals surface area contributed by atoms with E-state index in [9.17, 15) is 0 Å². The number of methoxy groups -OCH3 is 1. The number of hydrogen-bond acceptors (Lipinski definition) is 2. The van der Waals surface area contributed by atoms with Crippen molar-refractivity contribution in [3.8, 4) is 5.75 Å². The molecule has 4 aromatic carbocycles. The smallest absolute Gasteiger partial charge is 0.143 e. The van der Waals surface area contributed by atoms with E-state index in [2.05, 4.69) is 108 Å². The predicted molar refractivity (Wildman–Crippen MR) is 129 cm³/mol. The predicted octanol–water partition coefficient (Wildman–Crippen LogP) is 5.15. The molecule has 0 saturated heterocycles. The van der Waals surface area contributed by atoms with E-state index in [1.807, 2.05) is 0 Å². The molecule has 0 saturated carbocycles. The van der Waals surface area contributed by atoms with E-state index in [1.165, 1.54) is 32.9 Å². The molecular formula is C27H24NOP. The molecule has 0 amide bonds. The highest BCUT2D eigenvalue weighted by Crippen LogP contribution is 2.44. The number of para-hydroxylation sites is 2. The molecule has 0 spiro atoms. The molecule has 0 unspecified atom stereocenters. The number of hydrogen-bond donors (Lipinski definition) is 0. The maximum Gasteiger partial charge on any atom is 0.143 e. The zero-order valence-electron chi connectivity index (χ0n) is 17.0. The Morgan fingerprint density at radius 1 is 0.700 bits per heavy atom. The second-order valence-corrected chi connectivity index (χ2v) is 9.55. The lowest BCUT2D eigenvalue weighted by molar-refractivity contribution is 0.416. The van der Waals surface area contributed by atoms with Crippen LogP contribution in [0.2, 0.25) is 0 Å². The highest BCUT2D eigenvalue weighted by molar-refractivity contribution is 7.80. The molecule has 1 aliphatic heterocycles. The van der Waals surface area contributed by atoms with Crippen molar-refractivity contribution < 1.29 is 4.74 Å². The van der Waals surface area contributed by atoms with Gasteiger partial charge in [-0.3, -0.25) is 0 Å². The van der Waals surface area contributed by atoms with Crippen LogP contribution in [-0.4, -0.2) is 13.7 Å². The molecule has 0 bridgehead atoms. The number of anilines is 2. The summed E-state index contributed by atoms with van der Waals surface area (Å²) >= 11 is 0. The maximum atomic E-state index is 5.90. The summed E-state index contributed by atoms with van der Waals surface area (Å²) < 4.78 is 5.90. The van der Waals surface area contributed by atoms with Crippen LogP contribution in [-0.2, 0) is 6.42 Å². The zero-order chi connectivity index (χ0) is 20.3. The van der Waals surface area contributed by atoms with Gasteiger partial charge in [-0.05, 0) is 42.6 Å². The summed E-state index contributed by atoms with van der Waals surface area (Å²) in [7, 11) is 1.06. The fourth-order valence-corrected chi connectivity index (χ4v) is 6.75. The first-order valence-corrected chi connectivity index (χ1v) is 11.6. The van der Waals surface area contributed by atoms with Crippen LogP contribution in [0, 0.1) is 0 Å². The van der Waals surface area contributed by atoms with Gasteiger partial charge < -0.3 is 9.64 Å². The molecule has 0 aromatic heterocycles. The van der Waals surface area contributed by atoms with Crippen molar-refractivity contribution in [2.75, 3.05) is 18.6 Å². The molecule has 0 aliphatic carbocycles. The van der Waals surface area contributed by atoms with Crippen molar-refractivity contribution in [3.05, 3.63) is 109 Å². The highest BCUT2D eigenvalue weighted by atomic mass is 31.1. The minimum Gasteiger partial charge on any atom is -0.495 e. The van der Waals surface area contributed by atoms with Gasteiger partial charge in [-0.25, -0.2) is 0 Å². The van der Waals surface area contributed by atoms with Crippen LogP contribution in [0.1, 0.15) is 5.56 Å². The lowest BCUT2D eigenvalue weighted by Crippen LogP contribution is -2.27. The van der Waals surface area contributed by atoms with Gasteiger partial charge in [-0.15, -0.1) is 0 Å². The molecule has 30 heavy (non-hydrogen) atoms. The molecular weight excluding hydrogens is 385 g/mol. The maximum absolute atomic E-state index is 5.90. The van der Waals surface area contributed by atoms with Crippen LogP contribution in [0.25, 0.3) is 0 Å². The monoisotopic (exact) mass is 409 g/mol. The summed E-state index contributed by atoms with van der Waals surface area (Å²) in [5.74, 6) is 0.934. The van der Waals surface area contributed by atoms with E-state index in [4.69, 9.17) is 4.74 Å². The van der Waals surface area contributed by atoms with Crippen LogP contribution in [0.15, 0.2) is 103 Å². The first-order valence-electron chi connectivity index (χ1n) is 10.3. The molecule has 5 rings (SSSR count). The Morgan fingerprint density at radius 3 is 2.00 bits per heavy atom. The fraction of sp³-hybridized carbons (Fsp3) is 0.111. The molecule has 0 N–H and O–H groups in total. The van der Waals surface area contributed by atoms with Gasteiger partial charge in [-0.1, -0.05) is 91.0 Å². The Labute approximate surface area is 179 Å². The van der Waals surface area contributed by atoms with Crippen LogP contribution in [0.5, 0.6) is 5.75 Å². The number of benzene rings is 4. The Morgan fingerprint density at radius 2 is 1.33 bits per heavy atom. The third-order valence-electron chi connectivity index (χ3n) is 5.62. The summed E-state index contributed by atoms with van der Waals surface area (Å²) in [6, 6.07) is 36.9. The molecule has 2 nitrogen and oxygen atoms in total. The zero-order valence-corrected chi connectivity index (χ0v) is 17.9. The molecule has 1 heterocycles. The van der Waals surface area contributed by atoms with Crippen molar-refractivity contribution in [2.45, 2.75) is 6.42 Å². The van der Waals surface area contributed by atoms with Crippen LogP contribution in [0.3, 0.4) is 0 Å². The lowest BCUT2D eigenvalue weighted by atomic mass is 10.2. The number of nitrogens with zero attached hydrogens (tertiary/aromatic N) is 1. The normalized spacial score (nSPS) is 12.8.